The number of benzene rings is 1. The van der Waals surface area contributed by atoms with Crippen molar-refractivity contribution in [2.45, 2.75) is 19.1 Å². The van der Waals surface area contributed by atoms with Crippen LogP contribution in [0.4, 0.5) is 24.5 Å². The van der Waals surface area contributed by atoms with Crippen LogP contribution < -0.4 is 10.2 Å². The molecule has 0 saturated carbocycles. The largest absolute Gasteiger partial charge is 0.423 e. The molecule has 2 rings (SSSR count). The highest BCUT2D eigenvalue weighted by Gasteiger charge is 2.39. The molecule has 1 fully saturated rings. The van der Waals surface area contributed by atoms with Gasteiger partial charge in [0.15, 0.2) is 0 Å². The summed E-state index contributed by atoms with van der Waals surface area (Å²) in [4.78, 5) is 11.5. The number of nitro groups is 1. The third-order valence-corrected chi connectivity index (χ3v) is 3.36. The fraction of sp³-hybridized carbons (Fsp3) is 0.500. The van der Waals surface area contributed by atoms with Crippen LogP contribution in [0.2, 0.25) is 0 Å². The van der Waals surface area contributed by atoms with Crippen LogP contribution in [-0.2, 0) is 6.18 Å². The van der Waals surface area contributed by atoms with Gasteiger partial charge >= 0.3 is 6.18 Å². The summed E-state index contributed by atoms with van der Waals surface area (Å²) in [6.45, 7) is 3.78. The van der Waals surface area contributed by atoms with E-state index in [-0.39, 0.29) is 6.04 Å². The number of anilines is 1. The maximum atomic E-state index is 12.9. The van der Waals surface area contributed by atoms with Gasteiger partial charge in [-0.1, -0.05) is 0 Å². The lowest BCUT2D eigenvalue weighted by molar-refractivity contribution is -0.388. The molecule has 1 saturated heterocycles. The Morgan fingerprint density at radius 2 is 2.10 bits per heavy atom. The Bertz CT molecular complexity index is 515. The Morgan fingerprint density at radius 3 is 2.50 bits per heavy atom. The van der Waals surface area contributed by atoms with E-state index in [1.54, 1.807) is 0 Å². The van der Waals surface area contributed by atoms with E-state index in [1.165, 1.54) is 6.07 Å². The number of halogens is 3. The van der Waals surface area contributed by atoms with Gasteiger partial charge in [-0.15, -0.1) is 0 Å². The average Bonchev–Trinajstić information content (AvgIpc) is 2.31. The van der Waals surface area contributed by atoms with E-state index in [0.29, 0.717) is 25.3 Å². The molecule has 0 aliphatic carbocycles. The van der Waals surface area contributed by atoms with Crippen LogP contribution in [0.25, 0.3) is 0 Å². The second-order valence-electron chi connectivity index (χ2n) is 4.55. The predicted octanol–water partition coefficient (Wildman–Crippen LogP) is 2.41. The second kappa shape index (κ2) is 5.28. The number of hydrogen-bond donors (Lipinski definition) is 1. The van der Waals surface area contributed by atoms with E-state index in [9.17, 15) is 23.3 Å². The molecule has 20 heavy (non-hydrogen) atoms. The topological polar surface area (TPSA) is 58.4 Å². The molecule has 1 aromatic carbocycles. The zero-order valence-corrected chi connectivity index (χ0v) is 10.8. The number of likely N-dealkylation sites (N-methyl/N-ethyl adjacent to an activating group) is 1. The Kier molecular flexibility index (Phi) is 3.85. The number of rotatable bonds is 4. The third-order valence-electron chi connectivity index (χ3n) is 3.36. The molecule has 0 bridgehead atoms. The molecule has 0 unspecified atom stereocenters. The minimum absolute atomic E-state index is 0.127. The average molecular weight is 289 g/mol. The van der Waals surface area contributed by atoms with Crippen LogP contribution in [0.3, 0.4) is 0 Å². The zero-order valence-electron chi connectivity index (χ0n) is 10.8. The smallest absolute Gasteiger partial charge is 0.366 e. The molecule has 0 amide bonds. The van der Waals surface area contributed by atoms with E-state index in [4.69, 9.17) is 0 Å². The van der Waals surface area contributed by atoms with Crippen molar-refractivity contribution < 1.29 is 18.1 Å². The Morgan fingerprint density at radius 1 is 1.45 bits per heavy atom. The Labute approximate surface area is 113 Å². The summed E-state index contributed by atoms with van der Waals surface area (Å²) in [5, 5.41) is 13.8. The molecule has 0 atom stereocenters. The van der Waals surface area contributed by atoms with Crippen LogP contribution in [0.5, 0.6) is 0 Å². The summed E-state index contributed by atoms with van der Waals surface area (Å²) in [5.41, 5.74) is -1.76. The van der Waals surface area contributed by atoms with Gasteiger partial charge < -0.3 is 10.2 Å². The van der Waals surface area contributed by atoms with Gasteiger partial charge in [0.25, 0.3) is 5.69 Å². The van der Waals surface area contributed by atoms with Crippen molar-refractivity contribution in [1.29, 1.82) is 0 Å². The van der Waals surface area contributed by atoms with Crippen molar-refractivity contribution in [2.24, 2.45) is 0 Å². The Hall–Kier alpha value is -1.83. The van der Waals surface area contributed by atoms with Gasteiger partial charge in [-0.3, -0.25) is 10.1 Å². The molecule has 0 spiro atoms. The summed E-state index contributed by atoms with van der Waals surface area (Å²) >= 11 is 0. The van der Waals surface area contributed by atoms with Crippen LogP contribution >= 0.6 is 0 Å². The molecule has 0 radical (unpaired) electrons. The lowest BCUT2D eigenvalue weighted by Crippen LogP contribution is -2.57. The first-order valence-electron chi connectivity index (χ1n) is 6.17. The van der Waals surface area contributed by atoms with Crippen LogP contribution in [0.1, 0.15) is 12.5 Å². The molecular weight excluding hydrogens is 275 g/mol. The first-order chi connectivity index (χ1) is 9.34. The van der Waals surface area contributed by atoms with Crippen LogP contribution in [0.15, 0.2) is 18.2 Å². The van der Waals surface area contributed by atoms with Crippen LogP contribution in [0, 0.1) is 10.1 Å². The van der Waals surface area contributed by atoms with Gasteiger partial charge in [0.1, 0.15) is 5.56 Å². The highest BCUT2D eigenvalue weighted by atomic mass is 19.4. The highest BCUT2D eigenvalue weighted by Crippen LogP contribution is 2.38. The number of hydrogen-bond acceptors (Lipinski definition) is 4. The summed E-state index contributed by atoms with van der Waals surface area (Å²) in [6.07, 6.45) is -4.74. The second-order valence-corrected chi connectivity index (χ2v) is 4.55. The van der Waals surface area contributed by atoms with Crippen molar-refractivity contribution in [1.82, 2.24) is 5.32 Å². The van der Waals surface area contributed by atoms with Crippen molar-refractivity contribution in [3.05, 3.63) is 33.9 Å². The Balaban J connectivity index is 2.43. The fourth-order valence-electron chi connectivity index (χ4n) is 2.23. The monoisotopic (exact) mass is 289 g/mol. The third kappa shape index (κ3) is 2.69. The summed E-state index contributed by atoms with van der Waals surface area (Å²) < 4.78 is 38.8. The molecule has 8 heteroatoms. The minimum atomic E-state index is -4.74. The van der Waals surface area contributed by atoms with Crippen LogP contribution in [-0.4, -0.2) is 30.6 Å². The SMILES string of the molecule is CCN(c1ccc([N+](=O)[O-])c(C(F)(F)F)c1)C1CNC1. The maximum absolute atomic E-state index is 12.9. The summed E-state index contributed by atoms with van der Waals surface area (Å²) in [6, 6.07) is 3.28. The maximum Gasteiger partial charge on any atom is 0.423 e. The van der Waals surface area contributed by atoms with Crippen molar-refractivity contribution in [2.75, 3.05) is 24.5 Å². The normalized spacial score (nSPS) is 15.8. The zero-order chi connectivity index (χ0) is 14.9. The number of nitro benzene ring substituents is 1. The lowest BCUT2D eigenvalue weighted by atomic mass is 10.1. The minimum Gasteiger partial charge on any atom is -0.366 e. The molecule has 1 N–H and O–H groups in total. The molecule has 110 valence electrons. The van der Waals surface area contributed by atoms with E-state index in [2.05, 4.69) is 5.32 Å². The summed E-state index contributed by atoms with van der Waals surface area (Å²) in [7, 11) is 0. The van der Waals surface area contributed by atoms with Gasteiger partial charge in [0.05, 0.1) is 11.0 Å². The molecule has 1 heterocycles. The van der Waals surface area contributed by atoms with Crippen molar-refractivity contribution in [3.8, 4) is 0 Å². The number of alkyl halides is 3. The van der Waals surface area contributed by atoms with E-state index in [0.717, 1.165) is 12.1 Å². The lowest BCUT2D eigenvalue weighted by Gasteiger charge is -2.39. The van der Waals surface area contributed by atoms with Gasteiger partial charge in [0, 0.05) is 31.4 Å². The summed E-state index contributed by atoms with van der Waals surface area (Å²) in [5.74, 6) is 0. The van der Waals surface area contributed by atoms with Gasteiger partial charge in [-0.25, -0.2) is 0 Å². The highest BCUT2D eigenvalue weighted by molar-refractivity contribution is 5.57. The standard InChI is InChI=1S/C12H14F3N3O2/c1-2-17(9-6-16-7-9)8-3-4-11(18(19)20)10(5-8)12(13,14)15/h3-5,9,16H,2,6-7H2,1H3. The molecule has 1 aliphatic heterocycles. The first-order valence-corrected chi connectivity index (χ1v) is 6.17. The van der Waals surface area contributed by atoms with Crippen molar-refractivity contribution >= 4 is 11.4 Å². The van der Waals surface area contributed by atoms with E-state index < -0.39 is 22.4 Å². The molecular formula is C12H14F3N3O2. The van der Waals surface area contributed by atoms with Crippen molar-refractivity contribution in [3.63, 3.8) is 0 Å². The van der Waals surface area contributed by atoms with Gasteiger partial charge in [-0.2, -0.15) is 13.2 Å². The first kappa shape index (κ1) is 14.6. The molecule has 1 aliphatic rings. The quantitative estimate of drug-likeness (QED) is 0.683. The molecule has 5 nitrogen and oxygen atoms in total. The van der Waals surface area contributed by atoms with E-state index in [1.807, 2.05) is 11.8 Å². The van der Waals surface area contributed by atoms with Gasteiger partial charge in [-0.05, 0) is 19.1 Å². The number of nitrogens with one attached hydrogen (secondary N) is 1. The molecule has 1 aromatic rings. The fourth-order valence-corrected chi connectivity index (χ4v) is 2.23. The number of nitrogens with zero attached hydrogens (tertiary/aromatic N) is 2. The molecule has 0 aromatic heterocycles. The van der Waals surface area contributed by atoms with Gasteiger partial charge in [0.2, 0.25) is 0 Å². The van der Waals surface area contributed by atoms with E-state index >= 15 is 0 Å². The predicted molar refractivity (Wildman–Crippen MR) is 67.8 cm³/mol.